The van der Waals surface area contributed by atoms with Gasteiger partial charge in [0.1, 0.15) is 0 Å². The van der Waals surface area contributed by atoms with E-state index >= 15 is 0 Å². The molecular weight excluding hydrogens is 236 g/mol. The molecule has 2 aliphatic heterocycles. The van der Waals surface area contributed by atoms with Gasteiger partial charge in [0.25, 0.3) is 0 Å². The van der Waals surface area contributed by atoms with E-state index in [9.17, 15) is 0 Å². The first kappa shape index (κ1) is 15.2. The molecule has 2 aliphatic rings. The van der Waals surface area contributed by atoms with Crippen molar-refractivity contribution in [2.45, 2.75) is 38.6 Å². The second-order valence-electron chi connectivity index (χ2n) is 5.57. The SMILES string of the molecule is CC1CCN(CC2CCOCC2)C(CN)C1.Cl. The molecule has 0 aromatic carbocycles. The van der Waals surface area contributed by atoms with Crippen molar-refractivity contribution in [1.82, 2.24) is 4.90 Å². The van der Waals surface area contributed by atoms with Crippen molar-refractivity contribution in [2.24, 2.45) is 17.6 Å². The molecule has 0 saturated carbocycles. The summed E-state index contributed by atoms with van der Waals surface area (Å²) in [7, 11) is 0. The lowest BCUT2D eigenvalue weighted by molar-refractivity contribution is 0.0343. The average molecular weight is 263 g/mol. The molecular formula is C13H27ClN2O. The molecule has 0 spiro atoms. The second kappa shape index (κ2) is 7.57. The minimum absolute atomic E-state index is 0. The summed E-state index contributed by atoms with van der Waals surface area (Å²) in [5.74, 6) is 1.70. The Kier molecular flexibility index (Phi) is 6.78. The smallest absolute Gasteiger partial charge is 0.0469 e. The van der Waals surface area contributed by atoms with Gasteiger partial charge in [0, 0.05) is 32.3 Å². The summed E-state index contributed by atoms with van der Waals surface area (Å²) < 4.78 is 5.42. The molecule has 4 heteroatoms. The molecule has 102 valence electrons. The van der Waals surface area contributed by atoms with Crippen LogP contribution in [0.25, 0.3) is 0 Å². The molecule has 0 radical (unpaired) electrons. The zero-order valence-electron chi connectivity index (χ0n) is 10.9. The van der Waals surface area contributed by atoms with E-state index in [0.29, 0.717) is 6.04 Å². The van der Waals surface area contributed by atoms with E-state index < -0.39 is 0 Å². The van der Waals surface area contributed by atoms with Crippen molar-refractivity contribution in [3.8, 4) is 0 Å². The largest absolute Gasteiger partial charge is 0.381 e. The average Bonchev–Trinajstić information content (AvgIpc) is 2.33. The van der Waals surface area contributed by atoms with E-state index in [-0.39, 0.29) is 12.4 Å². The van der Waals surface area contributed by atoms with Gasteiger partial charge in [0.2, 0.25) is 0 Å². The lowest BCUT2D eigenvalue weighted by Crippen LogP contribution is -2.48. The molecule has 2 N–H and O–H groups in total. The van der Waals surface area contributed by atoms with E-state index in [1.165, 1.54) is 38.8 Å². The first-order valence-corrected chi connectivity index (χ1v) is 6.81. The normalized spacial score (nSPS) is 32.1. The van der Waals surface area contributed by atoms with Crippen LogP contribution < -0.4 is 5.73 Å². The van der Waals surface area contributed by atoms with E-state index in [0.717, 1.165) is 31.6 Å². The monoisotopic (exact) mass is 262 g/mol. The number of hydrogen-bond donors (Lipinski definition) is 1. The highest BCUT2D eigenvalue weighted by Crippen LogP contribution is 2.25. The minimum atomic E-state index is 0. The third-order valence-electron chi connectivity index (χ3n) is 4.21. The van der Waals surface area contributed by atoms with Crippen molar-refractivity contribution >= 4 is 12.4 Å². The highest BCUT2D eigenvalue weighted by molar-refractivity contribution is 5.85. The Morgan fingerprint density at radius 2 is 1.94 bits per heavy atom. The van der Waals surface area contributed by atoms with Crippen molar-refractivity contribution in [1.29, 1.82) is 0 Å². The Morgan fingerprint density at radius 1 is 1.24 bits per heavy atom. The van der Waals surface area contributed by atoms with Gasteiger partial charge < -0.3 is 10.5 Å². The summed E-state index contributed by atoms with van der Waals surface area (Å²) in [4.78, 5) is 2.63. The number of halogens is 1. The lowest BCUT2D eigenvalue weighted by atomic mass is 9.90. The first-order chi connectivity index (χ1) is 7.79. The van der Waals surface area contributed by atoms with Crippen LogP contribution in [0.3, 0.4) is 0 Å². The number of hydrogen-bond acceptors (Lipinski definition) is 3. The van der Waals surface area contributed by atoms with Crippen molar-refractivity contribution in [3.63, 3.8) is 0 Å². The second-order valence-corrected chi connectivity index (χ2v) is 5.57. The quantitative estimate of drug-likeness (QED) is 0.844. The number of ether oxygens (including phenoxy) is 1. The summed E-state index contributed by atoms with van der Waals surface area (Å²) in [5, 5.41) is 0. The third kappa shape index (κ3) is 4.40. The van der Waals surface area contributed by atoms with Gasteiger partial charge in [-0.05, 0) is 44.1 Å². The fraction of sp³-hybridized carbons (Fsp3) is 1.00. The van der Waals surface area contributed by atoms with Crippen LogP contribution in [-0.4, -0.2) is 43.8 Å². The fourth-order valence-corrected chi connectivity index (χ4v) is 3.05. The van der Waals surface area contributed by atoms with Crippen LogP contribution in [0.4, 0.5) is 0 Å². The molecule has 2 heterocycles. The molecule has 3 nitrogen and oxygen atoms in total. The molecule has 2 fully saturated rings. The minimum Gasteiger partial charge on any atom is -0.381 e. The van der Waals surface area contributed by atoms with Crippen LogP contribution in [0.2, 0.25) is 0 Å². The molecule has 2 rings (SSSR count). The maximum atomic E-state index is 5.89. The molecule has 0 bridgehead atoms. The van der Waals surface area contributed by atoms with Crippen LogP contribution in [0, 0.1) is 11.8 Å². The summed E-state index contributed by atoms with van der Waals surface area (Å²) in [6.45, 7) is 7.60. The highest BCUT2D eigenvalue weighted by atomic mass is 35.5. The van der Waals surface area contributed by atoms with Crippen LogP contribution in [0.15, 0.2) is 0 Å². The summed E-state index contributed by atoms with van der Waals surface area (Å²) in [6.07, 6.45) is 5.12. The molecule has 2 unspecified atom stereocenters. The zero-order chi connectivity index (χ0) is 11.4. The Labute approximate surface area is 111 Å². The number of nitrogens with two attached hydrogens (primary N) is 1. The van der Waals surface area contributed by atoms with E-state index in [4.69, 9.17) is 10.5 Å². The van der Waals surface area contributed by atoms with Crippen LogP contribution in [0.1, 0.15) is 32.6 Å². The summed E-state index contributed by atoms with van der Waals surface area (Å²) >= 11 is 0. The predicted octanol–water partition coefficient (Wildman–Crippen LogP) is 1.89. The van der Waals surface area contributed by atoms with Gasteiger partial charge >= 0.3 is 0 Å². The Balaban J connectivity index is 0.00000144. The van der Waals surface area contributed by atoms with E-state index in [2.05, 4.69) is 11.8 Å². The molecule has 17 heavy (non-hydrogen) atoms. The van der Waals surface area contributed by atoms with Crippen molar-refractivity contribution in [2.75, 3.05) is 32.8 Å². The van der Waals surface area contributed by atoms with Crippen LogP contribution in [0.5, 0.6) is 0 Å². The Bertz CT molecular complexity index is 210. The number of rotatable bonds is 3. The lowest BCUT2D eigenvalue weighted by Gasteiger charge is -2.40. The maximum Gasteiger partial charge on any atom is 0.0469 e. The number of nitrogens with zero attached hydrogens (tertiary/aromatic N) is 1. The number of likely N-dealkylation sites (tertiary alicyclic amines) is 1. The van der Waals surface area contributed by atoms with E-state index in [1.54, 1.807) is 0 Å². The van der Waals surface area contributed by atoms with Crippen molar-refractivity contribution < 1.29 is 4.74 Å². The van der Waals surface area contributed by atoms with Gasteiger partial charge in [-0.15, -0.1) is 12.4 Å². The first-order valence-electron chi connectivity index (χ1n) is 6.81. The van der Waals surface area contributed by atoms with Gasteiger partial charge in [-0.25, -0.2) is 0 Å². The Hall–Kier alpha value is 0.170. The molecule has 0 amide bonds. The fourth-order valence-electron chi connectivity index (χ4n) is 3.05. The predicted molar refractivity (Wildman–Crippen MR) is 73.6 cm³/mol. The maximum absolute atomic E-state index is 5.89. The van der Waals surface area contributed by atoms with Crippen molar-refractivity contribution in [3.05, 3.63) is 0 Å². The topological polar surface area (TPSA) is 38.5 Å². The van der Waals surface area contributed by atoms with Gasteiger partial charge in [-0.2, -0.15) is 0 Å². The third-order valence-corrected chi connectivity index (χ3v) is 4.21. The molecule has 0 aromatic rings. The molecule has 2 atom stereocenters. The van der Waals surface area contributed by atoms with E-state index in [1.807, 2.05) is 0 Å². The van der Waals surface area contributed by atoms with Gasteiger partial charge in [0.15, 0.2) is 0 Å². The molecule has 2 saturated heterocycles. The standard InChI is InChI=1S/C13H26N2O.ClH/c1-11-2-5-15(13(8-11)9-14)10-12-3-6-16-7-4-12;/h11-13H,2-10,14H2,1H3;1H. The summed E-state index contributed by atoms with van der Waals surface area (Å²) in [5.41, 5.74) is 5.89. The molecule has 0 aliphatic carbocycles. The van der Waals surface area contributed by atoms with Gasteiger partial charge in [-0.3, -0.25) is 4.90 Å². The molecule has 0 aromatic heterocycles. The number of piperidine rings is 1. The zero-order valence-corrected chi connectivity index (χ0v) is 11.8. The Morgan fingerprint density at radius 3 is 2.59 bits per heavy atom. The highest BCUT2D eigenvalue weighted by Gasteiger charge is 2.27. The van der Waals surface area contributed by atoms with Gasteiger partial charge in [0.05, 0.1) is 0 Å². The van der Waals surface area contributed by atoms with Gasteiger partial charge in [-0.1, -0.05) is 6.92 Å². The summed E-state index contributed by atoms with van der Waals surface area (Å²) in [6, 6.07) is 0.631. The van der Waals surface area contributed by atoms with Crippen LogP contribution >= 0.6 is 12.4 Å². The van der Waals surface area contributed by atoms with Crippen LogP contribution in [-0.2, 0) is 4.74 Å².